The van der Waals surface area contributed by atoms with E-state index in [1.54, 1.807) is 6.07 Å². The van der Waals surface area contributed by atoms with Crippen molar-refractivity contribution < 1.29 is 14.3 Å². The minimum Gasteiger partial charge on any atom is -0.465 e. The molecule has 0 spiro atoms. The molecule has 1 unspecified atom stereocenters. The SMILES string of the molecule is O=C(O)NC1CCc2c(F)cc(Br)cc21. The summed E-state index contributed by atoms with van der Waals surface area (Å²) in [5, 5.41) is 11.0. The van der Waals surface area contributed by atoms with E-state index in [0.717, 1.165) is 5.56 Å². The van der Waals surface area contributed by atoms with Gasteiger partial charge in [0.15, 0.2) is 0 Å². The first-order valence-corrected chi connectivity index (χ1v) is 5.34. The van der Waals surface area contributed by atoms with Crippen LogP contribution in [-0.4, -0.2) is 11.2 Å². The minimum absolute atomic E-state index is 0.269. The van der Waals surface area contributed by atoms with Gasteiger partial charge in [0.2, 0.25) is 0 Å². The molecular formula is C10H9BrFNO2. The molecule has 0 aromatic heterocycles. The third-order valence-corrected chi connectivity index (χ3v) is 3.01. The molecule has 0 bridgehead atoms. The molecule has 80 valence electrons. The highest BCUT2D eigenvalue weighted by Gasteiger charge is 2.26. The lowest BCUT2D eigenvalue weighted by Gasteiger charge is -2.11. The number of carboxylic acid groups (broad SMARTS) is 1. The maximum absolute atomic E-state index is 13.5. The molecule has 3 nitrogen and oxygen atoms in total. The van der Waals surface area contributed by atoms with Gasteiger partial charge in [-0.25, -0.2) is 9.18 Å². The van der Waals surface area contributed by atoms with E-state index in [0.29, 0.717) is 22.9 Å². The fraction of sp³-hybridized carbons (Fsp3) is 0.300. The van der Waals surface area contributed by atoms with E-state index in [1.165, 1.54) is 6.07 Å². The highest BCUT2D eigenvalue weighted by molar-refractivity contribution is 9.10. The van der Waals surface area contributed by atoms with Gasteiger partial charge >= 0.3 is 6.09 Å². The molecule has 0 radical (unpaired) electrons. The highest BCUT2D eigenvalue weighted by atomic mass is 79.9. The summed E-state index contributed by atoms with van der Waals surface area (Å²) < 4.78 is 14.1. The predicted octanol–water partition coefficient (Wildman–Crippen LogP) is 2.84. The molecule has 1 atom stereocenters. The van der Waals surface area contributed by atoms with Crippen LogP contribution in [0.15, 0.2) is 16.6 Å². The van der Waals surface area contributed by atoms with Gasteiger partial charge in [-0.3, -0.25) is 0 Å². The second kappa shape index (κ2) is 3.81. The van der Waals surface area contributed by atoms with Gasteiger partial charge in [-0.05, 0) is 36.1 Å². The van der Waals surface area contributed by atoms with Gasteiger partial charge in [-0.15, -0.1) is 0 Å². The molecule has 0 aliphatic heterocycles. The second-order valence-electron chi connectivity index (χ2n) is 3.50. The first kappa shape index (κ1) is 10.4. The average Bonchev–Trinajstić information content (AvgIpc) is 2.48. The average molecular weight is 274 g/mol. The van der Waals surface area contributed by atoms with Crippen LogP contribution in [0.25, 0.3) is 0 Å². The van der Waals surface area contributed by atoms with Crippen LogP contribution in [0.5, 0.6) is 0 Å². The smallest absolute Gasteiger partial charge is 0.405 e. The lowest BCUT2D eigenvalue weighted by atomic mass is 10.1. The molecular weight excluding hydrogens is 265 g/mol. The summed E-state index contributed by atoms with van der Waals surface area (Å²) in [6, 6.07) is 2.89. The third kappa shape index (κ3) is 1.97. The van der Waals surface area contributed by atoms with Crippen LogP contribution in [0.3, 0.4) is 0 Å². The number of halogens is 2. The Morgan fingerprint density at radius 1 is 1.60 bits per heavy atom. The van der Waals surface area contributed by atoms with Crippen LogP contribution in [0.4, 0.5) is 9.18 Å². The number of rotatable bonds is 1. The Bertz CT molecular complexity index is 422. The fourth-order valence-electron chi connectivity index (χ4n) is 1.94. The van der Waals surface area contributed by atoms with Crippen molar-refractivity contribution in [2.24, 2.45) is 0 Å². The fourth-order valence-corrected chi connectivity index (χ4v) is 2.39. The summed E-state index contributed by atoms with van der Waals surface area (Å²) in [4.78, 5) is 10.5. The first-order chi connectivity index (χ1) is 7.08. The van der Waals surface area contributed by atoms with Crippen LogP contribution in [-0.2, 0) is 6.42 Å². The van der Waals surface area contributed by atoms with Gasteiger partial charge in [0.1, 0.15) is 5.82 Å². The zero-order chi connectivity index (χ0) is 11.0. The number of nitrogens with one attached hydrogen (secondary N) is 1. The molecule has 1 aromatic carbocycles. The monoisotopic (exact) mass is 273 g/mol. The number of fused-ring (bicyclic) bond motifs is 1. The van der Waals surface area contributed by atoms with E-state index >= 15 is 0 Å². The van der Waals surface area contributed by atoms with Gasteiger partial charge in [-0.2, -0.15) is 0 Å². The van der Waals surface area contributed by atoms with Gasteiger partial charge in [0.05, 0.1) is 6.04 Å². The second-order valence-corrected chi connectivity index (χ2v) is 4.41. The zero-order valence-electron chi connectivity index (χ0n) is 7.76. The Kier molecular flexibility index (Phi) is 2.65. The predicted molar refractivity (Wildman–Crippen MR) is 56.3 cm³/mol. The Labute approximate surface area is 94.4 Å². The summed E-state index contributed by atoms with van der Waals surface area (Å²) >= 11 is 3.19. The summed E-state index contributed by atoms with van der Waals surface area (Å²) in [6.07, 6.45) is 0.127. The molecule has 15 heavy (non-hydrogen) atoms. The van der Waals surface area contributed by atoms with E-state index in [4.69, 9.17) is 5.11 Å². The van der Waals surface area contributed by atoms with Crippen LogP contribution in [0.1, 0.15) is 23.6 Å². The molecule has 0 saturated heterocycles. The lowest BCUT2D eigenvalue weighted by molar-refractivity contribution is 0.190. The van der Waals surface area contributed by atoms with Crippen molar-refractivity contribution in [3.8, 4) is 0 Å². The first-order valence-electron chi connectivity index (χ1n) is 4.55. The van der Waals surface area contributed by atoms with Gasteiger partial charge in [-0.1, -0.05) is 15.9 Å². The van der Waals surface area contributed by atoms with Crippen LogP contribution in [0.2, 0.25) is 0 Å². The number of carbonyl (C=O) groups is 1. The molecule has 2 rings (SSSR count). The number of hydrogen-bond acceptors (Lipinski definition) is 1. The van der Waals surface area contributed by atoms with Gasteiger partial charge in [0.25, 0.3) is 0 Å². The van der Waals surface area contributed by atoms with Gasteiger partial charge < -0.3 is 10.4 Å². The Morgan fingerprint density at radius 2 is 2.33 bits per heavy atom. The van der Waals surface area contributed by atoms with Crippen molar-refractivity contribution >= 4 is 22.0 Å². The Hall–Kier alpha value is -1.10. The standard InChI is InChI=1S/C10H9BrFNO2/c11-5-3-7-6(8(12)4-5)1-2-9(7)13-10(14)15/h3-4,9,13H,1-2H2,(H,14,15). The molecule has 1 aliphatic carbocycles. The van der Waals surface area contributed by atoms with Crippen LogP contribution < -0.4 is 5.32 Å². The maximum Gasteiger partial charge on any atom is 0.405 e. The quantitative estimate of drug-likeness (QED) is 0.827. The summed E-state index contributed by atoms with van der Waals surface area (Å²) in [5.74, 6) is -0.269. The zero-order valence-corrected chi connectivity index (χ0v) is 9.34. The van der Waals surface area contributed by atoms with E-state index < -0.39 is 6.09 Å². The summed E-state index contributed by atoms with van der Waals surface area (Å²) in [6.45, 7) is 0. The van der Waals surface area contributed by atoms with E-state index in [9.17, 15) is 9.18 Å². The van der Waals surface area contributed by atoms with Crippen LogP contribution in [0, 0.1) is 5.82 Å². The minimum atomic E-state index is -1.08. The van der Waals surface area contributed by atoms with Crippen molar-refractivity contribution in [3.05, 3.63) is 33.5 Å². The van der Waals surface area contributed by atoms with E-state index in [2.05, 4.69) is 21.2 Å². The largest absolute Gasteiger partial charge is 0.465 e. The summed E-state index contributed by atoms with van der Waals surface area (Å²) in [7, 11) is 0. The van der Waals surface area contributed by atoms with Crippen molar-refractivity contribution in [2.45, 2.75) is 18.9 Å². The molecule has 1 amide bonds. The highest BCUT2D eigenvalue weighted by Crippen LogP contribution is 2.34. The Morgan fingerprint density at radius 3 is 3.00 bits per heavy atom. The number of hydrogen-bond donors (Lipinski definition) is 2. The van der Waals surface area contributed by atoms with Crippen molar-refractivity contribution in [1.29, 1.82) is 0 Å². The van der Waals surface area contributed by atoms with Crippen molar-refractivity contribution in [1.82, 2.24) is 5.32 Å². The van der Waals surface area contributed by atoms with E-state index in [-0.39, 0.29) is 11.9 Å². The molecule has 0 saturated carbocycles. The maximum atomic E-state index is 13.5. The normalized spacial score (nSPS) is 18.7. The molecule has 5 heteroatoms. The number of amides is 1. The third-order valence-electron chi connectivity index (χ3n) is 2.55. The van der Waals surface area contributed by atoms with Crippen LogP contribution >= 0.6 is 15.9 Å². The van der Waals surface area contributed by atoms with E-state index in [1.807, 2.05) is 0 Å². The lowest BCUT2D eigenvalue weighted by Crippen LogP contribution is -2.24. The van der Waals surface area contributed by atoms with Crippen molar-refractivity contribution in [2.75, 3.05) is 0 Å². The molecule has 0 fully saturated rings. The molecule has 1 aromatic rings. The van der Waals surface area contributed by atoms with Gasteiger partial charge in [0, 0.05) is 4.47 Å². The molecule has 0 heterocycles. The van der Waals surface area contributed by atoms with Crippen molar-refractivity contribution in [3.63, 3.8) is 0 Å². The molecule has 1 aliphatic rings. The summed E-state index contributed by atoms with van der Waals surface area (Å²) in [5.41, 5.74) is 1.36. The number of benzene rings is 1. The topological polar surface area (TPSA) is 49.3 Å². The molecule has 2 N–H and O–H groups in total. The Balaban J connectivity index is 2.37.